The molecule has 1 heterocycles. The molecule has 1 aliphatic carbocycles. The zero-order chi connectivity index (χ0) is 19.5. The van der Waals surface area contributed by atoms with Crippen molar-refractivity contribution in [2.45, 2.75) is 58.3 Å². The van der Waals surface area contributed by atoms with Crippen LogP contribution in [0.15, 0.2) is 42.5 Å². The van der Waals surface area contributed by atoms with Crippen molar-refractivity contribution in [3.05, 3.63) is 59.2 Å². The van der Waals surface area contributed by atoms with E-state index >= 15 is 0 Å². The molecule has 2 aromatic carbocycles. The number of fused-ring (bicyclic) bond motifs is 1. The van der Waals surface area contributed by atoms with Crippen LogP contribution in [-0.4, -0.2) is 10.9 Å². The van der Waals surface area contributed by atoms with Crippen LogP contribution in [0.5, 0.6) is 0 Å². The number of para-hydroxylation sites is 1. The van der Waals surface area contributed by atoms with E-state index < -0.39 is 0 Å². The van der Waals surface area contributed by atoms with E-state index in [0.29, 0.717) is 16.6 Å². The fourth-order valence-corrected chi connectivity index (χ4v) is 5.35. The Balaban J connectivity index is 1.40. The van der Waals surface area contributed by atoms with Gasteiger partial charge in [-0.3, -0.25) is 10.1 Å². The number of aromatic nitrogens is 1. The van der Waals surface area contributed by atoms with Crippen LogP contribution in [0.2, 0.25) is 0 Å². The molecule has 1 saturated carbocycles. The summed E-state index contributed by atoms with van der Waals surface area (Å²) in [7, 11) is 0. The fourth-order valence-electron chi connectivity index (χ4n) is 4.41. The van der Waals surface area contributed by atoms with E-state index in [1.165, 1.54) is 55.4 Å². The molecule has 0 aliphatic heterocycles. The van der Waals surface area contributed by atoms with Gasteiger partial charge in [-0.25, -0.2) is 4.98 Å². The number of carbonyl (C=O) groups excluding carboxylic acids is 1. The Morgan fingerprint density at radius 2 is 1.86 bits per heavy atom. The first kappa shape index (κ1) is 19.1. The molecule has 0 saturated heterocycles. The van der Waals surface area contributed by atoms with E-state index in [0.717, 1.165) is 21.7 Å². The lowest BCUT2D eigenvalue weighted by molar-refractivity contribution is 0.102. The normalized spacial score (nSPS) is 19.6. The Morgan fingerprint density at radius 1 is 1.11 bits per heavy atom. The number of carbonyl (C=O) groups is 1. The molecule has 146 valence electrons. The lowest BCUT2D eigenvalue weighted by Crippen LogP contribution is -2.14. The van der Waals surface area contributed by atoms with Crippen molar-refractivity contribution in [1.82, 2.24) is 4.98 Å². The molecular weight excluding hydrogens is 364 g/mol. The third-order valence-electron chi connectivity index (χ3n) is 6.03. The molecule has 1 aliphatic rings. The quantitative estimate of drug-likeness (QED) is 0.511. The number of aryl methyl sites for hydroxylation is 1. The lowest BCUT2D eigenvalue weighted by atomic mass is 9.77. The largest absolute Gasteiger partial charge is 0.298 e. The van der Waals surface area contributed by atoms with Gasteiger partial charge in [-0.05, 0) is 73.8 Å². The number of rotatable bonds is 5. The second-order valence-electron chi connectivity index (χ2n) is 8.02. The summed E-state index contributed by atoms with van der Waals surface area (Å²) in [4.78, 5) is 17.2. The van der Waals surface area contributed by atoms with Gasteiger partial charge in [-0.2, -0.15) is 0 Å². The highest BCUT2D eigenvalue weighted by Crippen LogP contribution is 2.37. The van der Waals surface area contributed by atoms with E-state index in [1.54, 1.807) is 0 Å². The summed E-state index contributed by atoms with van der Waals surface area (Å²) >= 11 is 1.52. The second kappa shape index (κ2) is 8.44. The maximum Gasteiger partial charge on any atom is 0.257 e. The molecule has 3 aromatic rings. The Bertz CT molecular complexity index is 952. The predicted octanol–water partition coefficient (Wildman–Crippen LogP) is 6.93. The Kier molecular flexibility index (Phi) is 5.77. The van der Waals surface area contributed by atoms with Crippen molar-refractivity contribution in [3.63, 3.8) is 0 Å². The van der Waals surface area contributed by atoms with Gasteiger partial charge in [0.2, 0.25) is 0 Å². The third kappa shape index (κ3) is 4.12. The highest BCUT2D eigenvalue weighted by atomic mass is 32.1. The van der Waals surface area contributed by atoms with Gasteiger partial charge in [0, 0.05) is 5.56 Å². The maximum absolute atomic E-state index is 12.6. The molecule has 0 radical (unpaired) electrons. The Hall–Kier alpha value is -2.20. The minimum atomic E-state index is -0.0880. The maximum atomic E-state index is 12.6. The van der Waals surface area contributed by atoms with Gasteiger partial charge in [0.15, 0.2) is 5.13 Å². The zero-order valence-corrected chi connectivity index (χ0v) is 17.5. The summed E-state index contributed by atoms with van der Waals surface area (Å²) in [6.45, 7) is 4.33. The van der Waals surface area contributed by atoms with Crippen LogP contribution in [0.1, 0.15) is 72.9 Å². The van der Waals surface area contributed by atoms with Gasteiger partial charge in [0.25, 0.3) is 5.91 Å². The summed E-state index contributed by atoms with van der Waals surface area (Å²) in [5, 5.41) is 3.62. The number of hydrogen-bond donors (Lipinski definition) is 1. The Labute approximate surface area is 171 Å². The number of hydrogen-bond acceptors (Lipinski definition) is 3. The molecule has 0 spiro atoms. The molecule has 1 N–H and O–H groups in total. The highest BCUT2D eigenvalue weighted by molar-refractivity contribution is 7.22. The van der Waals surface area contributed by atoms with Crippen LogP contribution < -0.4 is 5.32 Å². The van der Waals surface area contributed by atoms with Crippen molar-refractivity contribution in [2.24, 2.45) is 5.92 Å². The van der Waals surface area contributed by atoms with Crippen LogP contribution in [-0.2, 0) is 0 Å². The van der Waals surface area contributed by atoms with Crippen molar-refractivity contribution in [2.75, 3.05) is 5.32 Å². The molecule has 4 heteroatoms. The number of anilines is 1. The van der Waals surface area contributed by atoms with Crippen LogP contribution in [0.4, 0.5) is 5.13 Å². The molecule has 1 amide bonds. The number of nitrogens with zero attached hydrogens (tertiary/aromatic N) is 1. The Morgan fingerprint density at radius 3 is 2.54 bits per heavy atom. The number of nitrogens with one attached hydrogen (secondary N) is 1. The van der Waals surface area contributed by atoms with E-state index in [-0.39, 0.29) is 5.91 Å². The van der Waals surface area contributed by atoms with Crippen molar-refractivity contribution < 1.29 is 4.79 Å². The molecular formula is C24H28N2OS. The monoisotopic (exact) mass is 392 g/mol. The van der Waals surface area contributed by atoms with Crippen LogP contribution in [0.25, 0.3) is 10.2 Å². The predicted molar refractivity (Wildman–Crippen MR) is 118 cm³/mol. The molecule has 0 atom stereocenters. The van der Waals surface area contributed by atoms with Gasteiger partial charge in [0.05, 0.1) is 10.2 Å². The van der Waals surface area contributed by atoms with E-state index in [1.807, 2.05) is 37.3 Å². The first-order valence-electron chi connectivity index (χ1n) is 10.4. The van der Waals surface area contributed by atoms with Gasteiger partial charge in [0.1, 0.15) is 0 Å². The van der Waals surface area contributed by atoms with Gasteiger partial charge >= 0.3 is 0 Å². The van der Waals surface area contributed by atoms with Gasteiger partial charge in [-0.15, -0.1) is 0 Å². The first-order chi connectivity index (χ1) is 13.6. The van der Waals surface area contributed by atoms with Crippen molar-refractivity contribution >= 4 is 32.6 Å². The second-order valence-corrected chi connectivity index (χ2v) is 9.05. The number of thiazole rings is 1. The topological polar surface area (TPSA) is 42.0 Å². The summed E-state index contributed by atoms with van der Waals surface area (Å²) in [6.07, 6.45) is 7.92. The minimum absolute atomic E-state index is 0.0880. The summed E-state index contributed by atoms with van der Waals surface area (Å²) < 4.78 is 1.10. The molecule has 1 fully saturated rings. The molecule has 0 unspecified atom stereocenters. The minimum Gasteiger partial charge on any atom is -0.298 e. The smallest absolute Gasteiger partial charge is 0.257 e. The van der Waals surface area contributed by atoms with E-state index in [4.69, 9.17) is 0 Å². The van der Waals surface area contributed by atoms with E-state index in [9.17, 15) is 4.79 Å². The summed E-state index contributed by atoms with van der Waals surface area (Å²) in [5.74, 6) is 1.48. The van der Waals surface area contributed by atoms with E-state index in [2.05, 4.69) is 29.4 Å². The van der Waals surface area contributed by atoms with Gasteiger partial charge < -0.3 is 0 Å². The average Bonchev–Trinajstić information content (AvgIpc) is 3.13. The third-order valence-corrected chi connectivity index (χ3v) is 6.97. The van der Waals surface area contributed by atoms with Crippen LogP contribution in [0, 0.1) is 12.8 Å². The number of amides is 1. The van der Waals surface area contributed by atoms with Crippen LogP contribution in [0.3, 0.4) is 0 Å². The van der Waals surface area contributed by atoms with Crippen molar-refractivity contribution in [1.29, 1.82) is 0 Å². The molecule has 3 nitrogen and oxygen atoms in total. The van der Waals surface area contributed by atoms with Crippen LogP contribution >= 0.6 is 11.3 Å². The first-order valence-corrected chi connectivity index (χ1v) is 11.2. The molecule has 4 rings (SSSR count). The van der Waals surface area contributed by atoms with Gasteiger partial charge in [-0.1, -0.05) is 55.4 Å². The number of benzene rings is 2. The summed E-state index contributed by atoms with van der Waals surface area (Å²) in [5.41, 5.74) is 4.17. The molecule has 0 bridgehead atoms. The SMILES string of the molecule is CCCC1CCC(c2ccc(C(=O)Nc3nc4c(C)cccc4s3)cc2)CC1. The highest BCUT2D eigenvalue weighted by Gasteiger charge is 2.22. The fraction of sp³-hybridized carbons (Fsp3) is 0.417. The summed E-state index contributed by atoms with van der Waals surface area (Å²) in [6, 6.07) is 14.3. The lowest BCUT2D eigenvalue weighted by Gasteiger charge is -2.28. The standard InChI is InChI=1S/C24H28N2OS/c1-3-5-17-8-10-18(11-9-17)19-12-14-20(15-13-19)23(27)26-24-25-22-16(2)6-4-7-21(22)28-24/h4,6-7,12-15,17-18H,3,5,8-11H2,1-2H3,(H,25,26,27). The zero-order valence-electron chi connectivity index (χ0n) is 16.7. The van der Waals surface area contributed by atoms with Crippen molar-refractivity contribution in [3.8, 4) is 0 Å². The average molecular weight is 393 g/mol. The molecule has 1 aromatic heterocycles. The molecule has 28 heavy (non-hydrogen) atoms.